The summed E-state index contributed by atoms with van der Waals surface area (Å²) < 4.78 is 1.94. The van der Waals surface area contributed by atoms with Gasteiger partial charge in [0.25, 0.3) is 5.91 Å². The Morgan fingerprint density at radius 2 is 2.00 bits per heavy atom. The molecule has 0 aliphatic rings. The molecule has 1 atom stereocenters. The van der Waals surface area contributed by atoms with Crippen LogP contribution in [0.3, 0.4) is 0 Å². The van der Waals surface area contributed by atoms with Crippen molar-refractivity contribution in [1.82, 2.24) is 30.5 Å². The van der Waals surface area contributed by atoms with Crippen LogP contribution in [0, 0.1) is 0 Å². The molecule has 0 fully saturated rings. The third kappa shape index (κ3) is 5.56. The minimum atomic E-state index is -0.0566. The van der Waals surface area contributed by atoms with Gasteiger partial charge in [-0.15, -0.1) is 10.2 Å². The van der Waals surface area contributed by atoms with E-state index in [1.165, 1.54) is 0 Å². The topological polar surface area (TPSA) is 95.7 Å². The first-order chi connectivity index (χ1) is 14.6. The normalized spacial score (nSPS) is 12.6. The van der Waals surface area contributed by atoms with Crippen molar-refractivity contribution >= 4 is 17.5 Å². The van der Waals surface area contributed by atoms with Crippen molar-refractivity contribution in [3.8, 4) is 0 Å². The van der Waals surface area contributed by atoms with Crippen LogP contribution >= 0.6 is 0 Å². The lowest BCUT2D eigenvalue weighted by molar-refractivity contribution is 0.0939. The molecule has 1 unspecified atom stereocenters. The first-order valence-electron chi connectivity index (χ1n) is 10.3. The molecule has 3 rings (SSSR count). The zero-order chi connectivity index (χ0) is 21.3. The van der Waals surface area contributed by atoms with Crippen molar-refractivity contribution in [3.63, 3.8) is 0 Å². The summed E-state index contributed by atoms with van der Waals surface area (Å²) in [4.78, 5) is 17.0. The predicted molar refractivity (Wildman–Crippen MR) is 118 cm³/mol. The van der Waals surface area contributed by atoms with Crippen LogP contribution in [0.1, 0.15) is 48.9 Å². The number of fused-ring (bicyclic) bond motifs is 1. The summed E-state index contributed by atoms with van der Waals surface area (Å²) in [5, 5.41) is 17.9. The average molecular weight is 408 g/mol. The fraction of sp³-hybridized carbons (Fsp3) is 0.364. The molecule has 0 bridgehead atoms. The number of aromatic nitrogens is 3. The lowest BCUT2D eigenvalue weighted by Gasteiger charge is -2.12. The Kier molecular flexibility index (Phi) is 7.37. The van der Waals surface area contributed by atoms with Gasteiger partial charge in [-0.05, 0) is 50.1 Å². The second-order valence-electron chi connectivity index (χ2n) is 7.08. The number of carbonyl (C=O) groups is 1. The van der Waals surface area contributed by atoms with Gasteiger partial charge in [0, 0.05) is 24.3 Å². The number of aliphatic imine (C=N–C) groups is 1. The molecular formula is C22H29N7O. The van der Waals surface area contributed by atoms with Crippen LogP contribution in [0.25, 0.3) is 5.65 Å². The molecule has 30 heavy (non-hydrogen) atoms. The number of nitrogens with one attached hydrogen (secondary N) is 3. The van der Waals surface area contributed by atoms with E-state index >= 15 is 0 Å². The van der Waals surface area contributed by atoms with Gasteiger partial charge < -0.3 is 16.0 Å². The molecular weight excluding hydrogens is 378 g/mol. The van der Waals surface area contributed by atoms with Gasteiger partial charge in [0.1, 0.15) is 0 Å². The highest BCUT2D eigenvalue weighted by molar-refractivity contribution is 5.94. The lowest BCUT2D eigenvalue weighted by Crippen LogP contribution is -2.37. The van der Waals surface area contributed by atoms with Gasteiger partial charge in [0.2, 0.25) is 0 Å². The smallest absolute Gasteiger partial charge is 0.251 e. The highest BCUT2D eigenvalue weighted by atomic mass is 16.1. The minimum absolute atomic E-state index is 0.0566. The van der Waals surface area contributed by atoms with E-state index < -0.39 is 0 Å². The van der Waals surface area contributed by atoms with Crippen LogP contribution in [0.2, 0.25) is 0 Å². The Bertz CT molecular complexity index is 1010. The van der Waals surface area contributed by atoms with Crippen molar-refractivity contribution in [3.05, 3.63) is 65.6 Å². The van der Waals surface area contributed by atoms with E-state index in [1.54, 1.807) is 0 Å². The third-order valence-corrected chi connectivity index (χ3v) is 4.74. The maximum absolute atomic E-state index is 12.4. The van der Waals surface area contributed by atoms with Crippen LogP contribution in [-0.2, 0) is 13.1 Å². The molecule has 0 aliphatic carbocycles. The SMILES string of the molecule is CCNC(=NCc1cccc(C(=O)NC(C)CC)c1)NCc1nnc2ccccn12. The van der Waals surface area contributed by atoms with Crippen LogP contribution < -0.4 is 16.0 Å². The van der Waals surface area contributed by atoms with Crippen molar-refractivity contribution < 1.29 is 4.79 Å². The number of hydrogen-bond acceptors (Lipinski definition) is 4. The molecule has 0 aliphatic heterocycles. The van der Waals surface area contributed by atoms with E-state index in [4.69, 9.17) is 0 Å². The molecule has 3 N–H and O–H groups in total. The number of carbonyl (C=O) groups excluding carboxylic acids is 1. The van der Waals surface area contributed by atoms with Crippen molar-refractivity contribution in [2.24, 2.45) is 4.99 Å². The number of pyridine rings is 1. The number of hydrogen-bond donors (Lipinski definition) is 3. The summed E-state index contributed by atoms with van der Waals surface area (Å²) in [6.45, 7) is 7.76. The zero-order valence-electron chi connectivity index (χ0n) is 17.7. The highest BCUT2D eigenvalue weighted by Crippen LogP contribution is 2.08. The summed E-state index contributed by atoms with van der Waals surface area (Å²) in [5.74, 6) is 1.43. The van der Waals surface area contributed by atoms with E-state index in [0.717, 1.165) is 30.0 Å². The number of amides is 1. The van der Waals surface area contributed by atoms with Crippen LogP contribution in [0.4, 0.5) is 0 Å². The predicted octanol–water partition coefficient (Wildman–Crippen LogP) is 2.51. The molecule has 1 aromatic carbocycles. The number of benzene rings is 1. The van der Waals surface area contributed by atoms with E-state index in [1.807, 2.05) is 73.8 Å². The monoisotopic (exact) mass is 407 g/mol. The van der Waals surface area contributed by atoms with Gasteiger partial charge in [0.15, 0.2) is 17.4 Å². The van der Waals surface area contributed by atoms with Crippen molar-refractivity contribution in [2.45, 2.75) is 46.3 Å². The number of nitrogens with zero attached hydrogens (tertiary/aromatic N) is 4. The van der Waals surface area contributed by atoms with E-state index in [9.17, 15) is 4.79 Å². The Morgan fingerprint density at radius 3 is 2.80 bits per heavy atom. The molecule has 0 saturated heterocycles. The minimum Gasteiger partial charge on any atom is -0.357 e. The maximum Gasteiger partial charge on any atom is 0.251 e. The van der Waals surface area contributed by atoms with E-state index in [2.05, 4.69) is 31.1 Å². The summed E-state index contributed by atoms with van der Waals surface area (Å²) in [5.41, 5.74) is 2.43. The Labute approximate surface area is 176 Å². The van der Waals surface area contributed by atoms with Gasteiger partial charge in [0.05, 0.1) is 13.1 Å². The summed E-state index contributed by atoms with van der Waals surface area (Å²) >= 11 is 0. The Morgan fingerprint density at radius 1 is 1.13 bits per heavy atom. The first-order valence-corrected chi connectivity index (χ1v) is 10.3. The average Bonchev–Trinajstić information content (AvgIpc) is 3.19. The largest absolute Gasteiger partial charge is 0.357 e. The van der Waals surface area contributed by atoms with Crippen LogP contribution in [-0.4, -0.2) is 39.1 Å². The molecule has 1 amide bonds. The van der Waals surface area contributed by atoms with Crippen molar-refractivity contribution in [1.29, 1.82) is 0 Å². The number of rotatable bonds is 8. The molecule has 8 heteroatoms. The molecule has 0 radical (unpaired) electrons. The van der Waals surface area contributed by atoms with Gasteiger partial charge in [-0.25, -0.2) is 4.99 Å². The molecule has 158 valence electrons. The van der Waals surface area contributed by atoms with Gasteiger partial charge in [-0.2, -0.15) is 0 Å². The maximum atomic E-state index is 12.4. The molecule has 3 aromatic rings. The van der Waals surface area contributed by atoms with Gasteiger partial charge >= 0.3 is 0 Å². The molecule has 0 spiro atoms. The fourth-order valence-corrected chi connectivity index (χ4v) is 2.91. The van der Waals surface area contributed by atoms with Gasteiger partial charge in [-0.1, -0.05) is 25.1 Å². The Hall–Kier alpha value is -3.42. The Balaban J connectivity index is 1.66. The summed E-state index contributed by atoms with van der Waals surface area (Å²) in [6.07, 6.45) is 2.83. The summed E-state index contributed by atoms with van der Waals surface area (Å²) in [6, 6.07) is 13.5. The first kappa shape index (κ1) is 21.3. The standard InChI is InChI=1S/C22H29N7O/c1-4-16(3)26-21(30)18-10-8-9-17(13-18)14-24-22(23-5-2)25-15-20-28-27-19-11-6-7-12-29(19)20/h6-13,16H,4-5,14-15H2,1-3H3,(H,26,30)(H2,23,24,25). The van der Waals surface area contributed by atoms with Crippen LogP contribution in [0.15, 0.2) is 53.7 Å². The molecule has 2 heterocycles. The number of guanidine groups is 1. The molecule has 8 nitrogen and oxygen atoms in total. The molecule has 0 saturated carbocycles. The lowest BCUT2D eigenvalue weighted by atomic mass is 10.1. The van der Waals surface area contributed by atoms with Crippen molar-refractivity contribution in [2.75, 3.05) is 6.54 Å². The second kappa shape index (κ2) is 10.4. The fourth-order valence-electron chi connectivity index (χ4n) is 2.91. The zero-order valence-corrected chi connectivity index (χ0v) is 17.7. The summed E-state index contributed by atoms with van der Waals surface area (Å²) in [7, 11) is 0. The van der Waals surface area contributed by atoms with E-state index in [-0.39, 0.29) is 11.9 Å². The molecule has 2 aromatic heterocycles. The second-order valence-corrected chi connectivity index (χ2v) is 7.08. The van der Waals surface area contributed by atoms with E-state index in [0.29, 0.717) is 24.6 Å². The van der Waals surface area contributed by atoms with Gasteiger partial charge in [-0.3, -0.25) is 9.20 Å². The highest BCUT2D eigenvalue weighted by Gasteiger charge is 2.09. The third-order valence-electron chi connectivity index (χ3n) is 4.74. The quantitative estimate of drug-likeness (QED) is 0.394. The van der Waals surface area contributed by atoms with Crippen LogP contribution in [0.5, 0.6) is 0 Å².